The molecule has 2 atom stereocenters. The summed E-state index contributed by atoms with van der Waals surface area (Å²) in [7, 11) is 0. The summed E-state index contributed by atoms with van der Waals surface area (Å²) < 4.78 is 10.4. The van der Waals surface area contributed by atoms with Crippen LogP contribution in [0, 0.1) is 0 Å². The van der Waals surface area contributed by atoms with Crippen molar-refractivity contribution in [3.05, 3.63) is 35.9 Å². The number of rotatable bonds is 6. The van der Waals surface area contributed by atoms with Crippen LogP contribution in [0.25, 0.3) is 0 Å². The molecule has 1 N–H and O–H groups in total. The van der Waals surface area contributed by atoms with Gasteiger partial charge in [0, 0.05) is 6.61 Å². The minimum absolute atomic E-state index is 0.0605. The fraction of sp³-hybridized carbons (Fsp3) is 0.500. The van der Waals surface area contributed by atoms with Gasteiger partial charge in [0.05, 0.1) is 19.3 Å². The number of aliphatic hydroxyl groups is 1. The van der Waals surface area contributed by atoms with Gasteiger partial charge in [-0.2, -0.15) is 0 Å². The maximum atomic E-state index is 9.48. The Hall–Kier alpha value is -0.900. The Kier molecular flexibility index (Phi) is 3.72. The van der Waals surface area contributed by atoms with Crippen LogP contribution in [0.5, 0.6) is 0 Å². The molecule has 1 aromatic carbocycles. The van der Waals surface area contributed by atoms with Crippen molar-refractivity contribution in [3.8, 4) is 0 Å². The Morgan fingerprint density at radius 2 is 2.13 bits per heavy atom. The third-order valence-corrected chi connectivity index (χ3v) is 2.46. The van der Waals surface area contributed by atoms with Crippen molar-refractivity contribution < 1.29 is 14.6 Å². The number of epoxide rings is 1. The van der Waals surface area contributed by atoms with Crippen LogP contribution in [0.1, 0.15) is 12.0 Å². The highest BCUT2D eigenvalue weighted by Gasteiger charge is 2.30. The highest BCUT2D eigenvalue weighted by atomic mass is 16.6. The van der Waals surface area contributed by atoms with E-state index in [2.05, 4.69) is 0 Å². The second-order valence-electron chi connectivity index (χ2n) is 3.77. The molecule has 1 heterocycles. The Balaban J connectivity index is 1.58. The Bertz CT molecular complexity index is 282. The summed E-state index contributed by atoms with van der Waals surface area (Å²) >= 11 is 0. The largest absolute Gasteiger partial charge is 0.390 e. The molecule has 15 heavy (non-hydrogen) atoms. The molecule has 1 aromatic rings. The van der Waals surface area contributed by atoms with E-state index in [1.165, 1.54) is 0 Å². The quantitative estimate of drug-likeness (QED) is 0.567. The normalized spacial score (nSPS) is 21.3. The van der Waals surface area contributed by atoms with Crippen molar-refractivity contribution in [2.24, 2.45) is 0 Å². The van der Waals surface area contributed by atoms with Gasteiger partial charge in [-0.3, -0.25) is 0 Å². The van der Waals surface area contributed by atoms with Gasteiger partial charge in [-0.15, -0.1) is 0 Å². The molecular formula is C12H16O3. The zero-order valence-electron chi connectivity index (χ0n) is 8.63. The monoisotopic (exact) mass is 208 g/mol. The molecule has 0 saturated carbocycles. The topological polar surface area (TPSA) is 42.0 Å². The molecule has 3 heteroatoms. The first-order valence-electron chi connectivity index (χ1n) is 5.27. The zero-order valence-corrected chi connectivity index (χ0v) is 8.63. The van der Waals surface area contributed by atoms with Crippen molar-refractivity contribution >= 4 is 0 Å². The van der Waals surface area contributed by atoms with E-state index in [-0.39, 0.29) is 12.2 Å². The average molecular weight is 208 g/mol. The molecule has 0 aromatic heterocycles. The highest BCUT2D eigenvalue weighted by molar-refractivity contribution is 5.13. The van der Waals surface area contributed by atoms with Crippen LogP contribution >= 0.6 is 0 Å². The lowest BCUT2D eigenvalue weighted by Gasteiger charge is -2.07. The molecule has 0 aliphatic carbocycles. The molecule has 0 amide bonds. The van der Waals surface area contributed by atoms with Gasteiger partial charge in [-0.1, -0.05) is 30.3 Å². The van der Waals surface area contributed by atoms with Gasteiger partial charge in [-0.05, 0) is 12.0 Å². The predicted molar refractivity (Wildman–Crippen MR) is 56.5 cm³/mol. The summed E-state index contributed by atoms with van der Waals surface area (Å²) in [6.45, 7) is 1.88. The highest BCUT2D eigenvalue weighted by Crippen LogP contribution is 2.16. The molecular weight excluding hydrogens is 192 g/mol. The van der Waals surface area contributed by atoms with Crippen molar-refractivity contribution in [2.75, 3.05) is 13.2 Å². The molecule has 1 aliphatic heterocycles. The fourth-order valence-corrected chi connectivity index (χ4v) is 1.43. The summed E-state index contributed by atoms with van der Waals surface area (Å²) in [6.07, 6.45) is 0.350. The third-order valence-electron chi connectivity index (χ3n) is 2.46. The van der Waals surface area contributed by atoms with E-state index >= 15 is 0 Å². The SMILES string of the molecule is OC(CCOCc1ccccc1)C1CO1. The van der Waals surface area contributed by atoms with Crippen LogP contribution in [0.2, 0.25) is 0 Å². The average Bonchev–Trinajstić information content (AvgIpc) is 3.09. The van der Waals surface area contributed by atoms with Crippen molar-refractivity contribution in [3.63, 3.8) is 0 Å². The number of aliphatic hydroxyl groups excluding tert-OH is 1. The van der Waals surface area contributed by atoms with Crippen molar-refractivity contribution in [2.45, 2.75) is 25.2 Å². The van der Waals surface area contributed by atoms with Crippen LogP contribution in [0.4, 0.5) is 0 Å². The molecule has 82 valence electrons. The molecule has 3 nitrogen and oxygen atoms in total. The number of ether oxygens (including phenoxy) is 2. The van der Waals surface area contributed by atoms with Crippen LogP contribution < -0.4 is 0 Å². The summed E-state index contributed by atoms with van der Waals surface area (Å²) in [4.78, 5) is 0. The van der Waals surface area contributed by atoms with Crippen molar-refractivity contribution in [1.29, 1.82) is 0 Å². The van der Waals surface area contributed by atoms with E-state index in [1.807, 2.05) is 30.3 Å². The van der Waals surface area contributed by atoms with Gasteiger partial charge in [0.15, 0.2) is 0 Å². The number of benzene rings is 1. The Morgan fingerprint density at radius 1 is 1.40 bits per heavy atom. The smallest absolute Gasteiger partial charge is 0.107 e. The molecule has 2 unspecified atom stereocenters. The van der Waals surface area contributed by atoms with Gasteiger partial charge < -0.3 is 14.6 Å². The summed E-state index contributed by atoms with van der Waals surface area (Å²) in [6, 6.07) is 10.0. The van der Waals surface area contributed by atoms with E-state index in [0.717, 1.165) is 5.56 Å². The Labute approximate surface area is 89.6 Å². The molecule has 0 radical (unpaired) electrons. The number of hydrogen-bond acceptors (Lipinski definition) is 3. The van der Waals surface area contributed by atoms with Crippen molar-refractivity contribution in [1.82, 2.24) is 0 Å². The molecule has 0 spiro atoms. The van der Waals surface area contributed by atoms with Gasteiger partial charge in [-0.25, -0.2) is 0 Å². The first-order chi connectivity index (χ1) is 7.36. The van der Waals surface area contributed by atoms with E-state index in [1.54, 1.807) is 0 Å². The fourth-order valence-electron chi connectivity index (χ4n) is 1.43. The maximum absolute atomic E-state index is 9.48. The summed E-state index contributed by atoms with van der Waals surface area (Å²) in [5.41, 5.74) is 1.16. The summed E-state index contributed by atoms with van der Waals surface area (Å²) in [5, 5.41) is 9.48. The van der Waals surface area contributed by atoms with Gasteiger partial charge in [0.1, 0.15) is 6.10 Å². The molecule has 0 bridgehead atoms. The van der Waals surface area contributed by atoms with E-state index < -0.39 is 0 Å². The molecule has 1 fully saturated rings. The van der Waals surface area contributed by atoms with Gasteiger partial charge >= 0.3 is 0 Å². The van der Waals surface area contributed by atoms with E-state index in [9.17, 15) is 5.11 Å². The maximum Gasteiger partial charge on any atom is 0.107 e. The lowest BCUT2D eigenvalue weighted by Crippen LogP contribution is -2.16. The number of hydrogen-bond donors (Lipinski definition) is 1. The summed E-state index contributed by atoms with van der Waals surface area (Å²) in [5.74, 6) is 0. The standard InChI is InChI=1S/C12H16O3/c13-11(12-9-15-12)6-7-14-8-10-4-2-1-3-5-10/h1-5,11-13H,6-9H2. The molecule has 2 rings (SSSR count). The molecule has 1 aliphatic rings. The lowest BCUT2D eigenvalue weighted by atomic mass is 10.2. The molecule has 1 saturated heterocycles. The lowest BCUT2D eigenvalue weighted by molar-refractivity contribution is 0.0605. The van der Waals surface area contributed by atoms with Crippen LogP contribution in [0.3, 0.4) is 0 Å². The zero-order chi connectivity index (χ0) is 10.5. The van der Waals surface area contributed by atoms with Gasteiger partial charge in [0.2, 0.25) is 0 Å². The third kappa shape index (κ3) is 3.63. The predicted octanol–water partition coefficient (Wildman–Crippen LogP) is 1.35. The minimum Gasteiger partial charge on any atom is -0.390 e. The van der Waals surface area contributed by atoms with Gasteiger partial charge in [0.25, 0.3) is 0 Å². The second-order valence-corrected chi connectivity index (χ2v) is 3.77. The first-order valence-corrected chi connectivity index (χ1v) is 5.27. The second kappa shape index (κ2) is 5.26. The van der Waals surface area contributed by atoms with E-state index in [4.69, 9.17) is 9.47 Å². The van der Waals surface area contributed by atoms with Crippen LogP contribution in [-0.2, 0) is 16.1 Å². The van der Waals surface area contributed by atoms with E-state index in [0.29, 0.717) is 26.2 Å². The van der Waals surface area contributed by atoms with Crippen LogP contribution in [-0.4, -0.2) is 30.5 Å². The Morgan fingerprint density at radius 3 is 2.80 bits per heavy atom. The minimum atomic E-state index is -0.360. The van der Waals surface area contributed by atoms with Crippen LogP contribution in [0.15, 0.2) is 30.3 Å². The first kappa shape index (κ1) is 10.6.